The van der Waals surface area contributed by atoms with Crippen LogP contribution in [0, 0.1) is 0 Å². The van der Waals surface area contributed by atoms with Crippen molar-refractivity contribution in [2.45, 2.75) is 61.9 Å². The minimum Gasteiger partial charge on any atom is -0.459 e. The molecule has 0 aromatic heterocycles. The van der Waals surface area contributed by atoms with E-state index in [1.807, 2.05) is 0 Å². The molecule has 15 heteroatoms. The fraction of sp³-hybridized carbons (Fsp3) is 0.786. The highest BCUT2D eigenvalue weighted by Crippen LogP contribution is 2.61. The van der Waals surface area contributed by atoms with Crippen LogP contribution >= 0.6 is 0 Å². The fourth-order valence-corrected chi connectivity index (χ4v) is 1.63. The molecule has 0 radical (unpaired) electrons. The zero-order chi connectivity index (χ0) is 24.1. The van der Waals surface area contributed by atoms with Crippen LogP contribution in [0.1, 0.15) is 20.8 Å². The van der Waals surface area contributed by atoms with Crippen LogP contribution in [-0.2, 0) is 9.53 Å². The van der Waals surface area contributed by atoms with Gasteiger partial charge in [0.2, 0.25) is 0 Å². The van der Waals surface area contributed by atoms with Crippen LogP contribution in [0.4, 0.5) is 52.7 Å². The summed E-state index contributed by atoms with van der Waals surface area (Å²) in [5.74, 6) is -30.8. The summed E-state index contributed by atoms with van der Waals surface area (Å²) in [7, 11) is 0. The minimum atomic E-state index is -7.68. The Morgan fingerprint density at radius 1 is 0.793 bits per heavy atom. The number of hydrogen-bond donors (Lipinski definition) is 1. The van der Waals surface area contributed by atoms with Gasteiger partial charge in [-0.15, -0.1) is 0 Å². The lowest BCUT2D eigenvalue weighted by atomic mass is 9.83. The average Bonchev–Trinajstić information content (AvgIpc) is 2.50. The number of alkyl halides is 12. The lowest BCUT2D eigenvalue weighted by Crippen LogP contribution is -2.74. The van der Waals surface area contributed by atoms with E-state index in [0.717, 1.165) is 6.92 Å². The van der Waals surface area contributed by atoms with Gasteiger partial charge < -0.3 is 9.84 Å². The number of carbonyl (C=O) groups is 1. The summed E-state index contributed by atoms with van der Waals surface area (Å²) in [5.41, 5.74) is -11.4. The molecule has 0 fully saturated rings. The largest absolute Gasteiger partial charge is 0.459 e. The number of rotatable bonds is 8. The van der Waals surface area contributed by atoms with Gasteiger partial charge >= 0.3 is 35.8 Å². The smallest absolute Gasteiger partial charge is 0.428 e. The van der Waals surface area contributed by atoms with Gasteiger partial charge in [0.1, 0.15) is 6.61 Å². The summed E-state index contributed by atoms with van der Waals surface area (Å²) in [6.07, 6.45) is -6.87. The highest BCUT2D eigenvalue weighted by Gasteiger charge is 2.90. The normalized spacial score (nSPS) is 18.6. The maximum absolute atomic E-state index is 13.9. The zero-order valence-corrected chi connectivity index (χ0v) is 14.7. The molecule has 0 aromatic carbocycles. The molecule has 0 saturated heterocycles. The summed E-state index contributed by atoms with van der Waals surface area (Å²) >= 11 is 0. The van der Waals surface area contributed by atoms with Crippen molar-refractivity contribution in [2.75, 3.05) is 6.61 Å². The van der Waals surface area contributed by atoms with Gasteiger partial charge in [-0.2, -0.15) is 48.3 Å². The van der Waals surface area contributed by atoms with Crippen molar-refractivity contribution in [1.29, 1.82) is 0 Å². The molecule has 172 valence electrons. The van der Waals surface area contributed by atoms with Gasteiger partial charge in [0.15, 0.2) is 5.60 Å². The number of hydrogen-bond acceptors (Lipinski definition) is 3. The zero-order valence-electron chi connectivity index (χ0n) is 14.7. The molecule has 0 aliphatic carbocycles. The fourth-order valence-electron chi connectivity index (χ4n) is 1.63. The van der Waals surface area contributed by atoms with E-state index in [9.17, 15) is 62.6 Å². The Balaban J connectivity index is 6.28. The van der Waals surface area contributed by atoms with Crippen molar-refractivity contribution in [2.24, 2.45) is 0 Å². The van der Waals surface area contributed by atoms with Crippen LogP contribution in [0.2, 0.25) is 0 Å². The number of halogens is 12. The van der Waals surface area contributed by atoms with Crippen LogP contribution in [0.15, 0.2) is 12.2 Å². The Kier molecular flexibility index (Phi) is 6.82. The van der Waals surface area contributed by atoms with Crippen molar-refractivity contribution in [3.05, 3.63) is 12.2 Å². The second-order valence-electron chi connectivity index (χ2n) is 6.43. The van der Waals surface area contributed by atoms with E-state index in [2.05, 4.69) is 11.3 Å². The Hall–Kier alpha value is -1.67. The molecule has 0 aliphatic rings. The quantitative estimate of drug-likeness (QED) is 0.326. The first-order valence-electron chi connectivity index (χ1n) is 7.15. The molecule has 0 aromatic rings. The summed E-state index contributed by atoms with van der Waals surface area (Å²) in [6, 6.07) is 0. The predicted molar refractivity (Wildman–Crippen MR) is 71.8 cm³/mol. The third-order valence-corrected chi connectivity index (χ3v) is 3.81. The highest BCUT2D eigenvalue weighted by molar-refractivity contribution is 5.86. The monoisotopic (exact) mass is 458 g/mol. The Bertz CT molecular complexity index is 649. The standard InChI is InChI=1S/C14H14F12O3/c1-6(2)7(27)29-5-8(3,28)10(16,17)12(20,21)13(22,23)11(18,19)9(4,15)14(24,25)26/h28H,1,5H2,2-4H3. The van der Waals surface area contributed by atoms with Crippen LogP contribution in [0.5, 0.6) is 0 Å². The van der Waals surface area contributed by atoms with Crippen LogP contribution < -0.4 is 0 Å². The number of aliphatic hydroxyl groups is 1. The van der Waals surface area contributed by atoms with Gasteiger partial charge in [-0.3, -0.25) is 0 Å². The second-order valence-corrected chi connectivity index (χ2v) is 6.43. The maximum atomic E-state index is 13.9. The lowest BCUT2D eigenvalue weighted by Gasteiger charge is -2.44. The maximum Gasteiger partial charge on any atom is 0.428 e. The molecule has 2 atom stereocenters. The minimum absolute atomic E-state index is 0.348. The molecule has 1 N–H and O–H groups in total. The van der Waals surface area contributed by atoms with E-state index >= 15 is 0 Å². The van der Waals surface area contributed by atoms with E-state index in [-0.39, 0.29) is 6.92 Å². The van der Waals surface area contributed by atoms with Gasteiger partial charge in [0.25, 0.3) is 5.67 Å². The number of ether oxygens (including phenoxy) is 1. The molecule has 0 aliphatic heterocycles. The second kappa shape index (κ2) is 7.23. The molecular weight excluding hydrogens is 444 g/mol. The van der Waals surface area contributed by atoms with E-state index in [4.69, 9.17) is 0 Å². The topological polar surface area (TPSA) is 46.5 Å². The third kappa shape index (κ3) is 4.01. The van der Waals surface area contributed by atoms with Crippen LogP contribution in [-0.4, -0.2) is 58.8 Å². The first kappa shape index (κ1) is 27.3. The Morgan fingerprint density at radius 2 is 1.14 bits per heavy atom. The van der Waals surface area contributed by atoms with Crippen molar-refractivity contribution in [3.8, 4) is 0 Å². The summed E-state index contributed by atoms with van der Waals surface area (Å²) in [6.45, 7) is 0.0619. The predicted octanol–water partition coefficient (Wildman–Crippen LogP) is 4.69. The van der Waals surface area contributed by atoms with Gasteiger partial charge in [-0.1, -0.05) is 6.58 Å². The van der Waals surface area contributed by atoms with Crippen molar-refractivity contribution in [3.63, 3.8) is 0 Å². The Morgan fingerprint density at radius 3 is 1.45 bits per heavy atom. The SMILES string of the molecule is C=C(C)C(=O)OCC(C)(O)C(F)(F)C(F)(F)C(F)(F)C(F)(F)C(C)(F)C(F)(F)F. The number of carbonyl (C=O) groups excluding carboxylic acids is 1. The Labute approximate surface area is 155 Å². The van der Waals surface area contributed by atoms with Crippen molar-refractivity contribution >= 4 is 5.97 Å². The van der Waals surface area contributed by atoms with E-state index in [1.54, 1.807) is 0 Å². The summed E-state index contributed by atoms with van der Waals surface area (Å²) in [4.78, 5) is 11.1. The molecule has 0 amide bonds. The molecule has 0 spiro atoms. The van der Waals surface area contributed by atoms with Crippen molar-refractivity contribution < 1.29 is 67.3 Å². The van der Waals surface area contributed by atoms with Gasteiger partial charge in [0.05, 0.1) is 0 Å². The van der Waals surface area contributed by atoms with Gasteiger partial charge in [-0.25, -0.2) is 9.18 Å². The van der Waals surface area contributed by atoms with E-state index < -0.39 is 66.2 Å². The summed E-state index contributed by atoms with van der Waals surface area (Å²) in [5, 5.41) is 9.37. The van der Waals surface area contributed by atoms with Crippen LogP contribution in [0.3, 0.4) is 0 Å². The molecule has 0 rings (SSSR count). The molecule has 0 heterocycles. The summed E-state index contributed by atoms with van der Waals surface area (Å²) < 4.78 is 164. The van der Waals surface area contributed by atoms with Crippen molar-refractivity contribution in [1.82, 2.24) is 0 Å². The highest BCUT2D eigenvalue weighted by atomic mass is 19.4. The number of esters is 1. The molecule has 29 heavy (non-hydrogen) atoms. The van der Waals surface area contributed by atoms with E-state index in [0.29, 0.717) is 0 Å². The first-order valence-corrected chi connectivity index (χ1v) is 7.15. The molecule has 2 unspecified atom stereocenters. The van der Waals surface area contributed by atoms with Gasteiger partial charge in [0, 0.05) is 5.57 Å². The lowest BCUT2D eigenvalue weighted by molar-refractivity contribution is -0.427. The van der Waals surface area contributed by atoms with Gasteiger partial charge in [-0.05, 0) is 20.8 Å². The molecular formula is C14H14F12O3. The molecule has 0 saturated carbocycles. The molecule has 0 bridgehead atoms. The first-order chi connectivity index (χ1) is 12.3. The third-order valence-electron chi connectivity index (χ3n) is 3.81. The van der Waals surface area contributed by atoms with Crippen LogP contribution in [0.25, 0.3) is 0 Å². The average molecular weight is 458 g/mol. The molecule has 3 nitrogen and oxygen atoms in total. The van der Waals surface area contributed by atoms with E-state index in [1.165, 1.54) is 0 Å².